The van der Waals surface area contributed by atoms with Gasteiger partial charge in [0, 0.05) is 19.1 Å². The molecular formula is C12H22N2O4. The van der Waals surface area contributed by atoms with Crippen molar-refractivity contribution in [1.82, 2.24) is 10.6 Å². The van der Waals surface area contributed by atoms with Crippen LogP contribution in [0.2, 0.25) is 0 Å². The molecule has 0 aromatic carbocycles. The first kappa shape index (κ1) is 14.8. The molecule has 6 nitrogen and oxygen atoms in total. The number of hydrogen-bond acceptors (Lipinski definition) is 3. The molecule has 104 valence electrons. The van der Waals surface area contributed by atoms with E-state index in [-0.39, 0.29) is 19.1 Å². The summed E-state index contributed by atoms with van der Waals surface area (Å²) < 4.78 is 0. The molecule has 1 fully saturated rings. The van der Waals surface area contributed by atoms with E-state index in [0.29, 0.717) is 0 Å². The maximum atomic E-state index is 11.6. The molecule has 6 heteroatoms. The topological polar surface area (TPSA) is 98.7 Å². The Morgan fingerprint density at radius 2 is 1.78 bits per heavy atom. The average Bonchev–Trinajstić information content (AvgIpc) is 2.57. The highest BCUT2D eigenvalue weighted by Crippen LogP contribution is 2.16. The molecule has 2 amide bonds. The highest BCUT2D eigenvalue weighted by Gasteiger charge is 2.21. The van der Waals surface area contributed by atoms with Crippen molar-refractivity contribution in [2.75, 3.05) is 6.61 Å². The van der Waals surface area contributed by atoms with Crippen molar-refractivity contribution in [3.63, 3.8) is 0 Å². The Bertz CT molecular complexity index is 275. The summed E-state index contributed by atoms with van der Waals surface area (Å²) in [7, 11) is 0. The molecule has 4 N–H and O–H groups in total. The third-order valence-electron chi connectivity index (χ3n) is 3.21. The van der Waals surface area contributed by atoms with E-state index >= 15 is 0 Å². The number of rotatable bonds is 5. The van der Waals surface area contributed by atoms with Crippen LogP contribution < -0.4 is 10.6 Å². The second-order valence-corrected chi connectivity index (χ2v) is 4.71. The smallest absolute Gasteiger partial charge is 0.326 e. The van der Waals surface area contributed by atoms with Gasteiger partial charge in [0.1, 0.15) is 6.04 Å². The van der Waals surface area contributed by atoms with Gasteiger partial charge in [0.25, 0.3) is 0 Å². The Balaban J connectivity index is 2.36. The van der Waals surface area contributed by atoms with E-state index in [1.165, 1.54) is 12.8 Å². The molecule has 1 aliphatic rings. The molecule has 1 rings (SSSR count). The number of aliphatic hydroxyl groups excluding tert-OH is 1. The lowest BCUT2D eigenvalue weighted by Gasteiger charge is -2.19. The van der Waals surface area contributed by atoms with E-state index in [4.69, 9.17) is 10.2 Å². The number of hydrogen-bond donors (Lipinski definition) is 4. The van der Waals surface area contributed by atoms with Crippen molar-refractivity contribution in [2.24, 2.45) is 0 Å². The predicted molar refractivity (Wildman–Crippen MR) is 66.3 cm³/mol. The fraction of sp³-hybridized carbons (Fsp3) is 0.833. The molecule has 0 saturated heterocycles. The van der Waals surface area contributed by atoms with Crippen LogP contribution in [-0.2, 0) is 4.79 Å². The van der Waals surface area contributed by atoms with Gasteiger partial charge in [-0.3, -0.25) is 0 Å². The quantitative estimate of drug-likeness (QED) is 0.549. The normalized spacial score (nSPS) is 18.7. The lowest BCUT2D eigenvalue weighted by Crippen LogP contribution is -2.49. The number of urea groups is 1. The summed E-state index contributed by atoms with van der Waals surface area (Å²) in [6, 6.07) is -1.35. The van der Waals surface area contributed by atoms with Crippen molar-refractivity contribution >= 4 is 12.0 Å². The first-order valence-electron chi connectivity index (χ1n) is 6.54. The second-order valence-electron chi connectivity index (χ2n) is 4.71. The fourth-order valence-corrected chi connectivity index (χ4v) is 2.20. The zero-order valence-corrected chi connectivity index (χ0v) is 10.5. The summed E-state index contributed by atoms with van der Waals surface area (Å²) in [6.45, 7) is -0.263. The second kappa shape index (κ2) is 7.92. The van der Waals surface area contributed by atoms with Gasteiger partial charge in [0.05, 0.1) is 0 Å². The van der Waals surface area contributed by atoms with Crippen LogP contribution in [0.4, 0.5) is 4.79 Å². The van der Waals surface area contributed by atoms with Gasteiger partial charge in [0.2, 0.25) is 0 Å². The van der Waals surface area contributed by atoms with Crippen LogP contribution in [-0.4, -0.2) is 40.9 Å². The van der Waals surface area contributed by atoms with Crippen molar-refractivity contribution in [3.05, 3.63) is 0 Å². The molecule has 1 saturated carbocycles. The van der Waals surface area contributed by atoms with Gasteiger partial charge in [-0.15, -0.1) is 0 Å². The molecule has 18 heavy (non-hydrogen) atoms. The Morgan fingerprint density at radius 3 is 2.28 bits per heavy atom. The van der Waals surface area contributed by atoms with Crippen LogP contribution in [0.3, 0.4) is 0 Å². The maximum Gasteiger partial charge on any atom is 0.326 e. The summed E-state index contributed by atoms with van der Waals surface area (Å²) in [5.74, 6) is -1.12. The highest BCUT2D eigenvalue weighted by molar-refractivity contribution is 5.82. The number of nitrogens with one attached hydrogen (secondary N) is 2. The summed E-state index contributed by atoms with van der Waals surface area (Å²) in [6.07, 6.45) is 6.52. The van der Waals surface area contributed by atoms with E-state index in [9.17, 15) is 9.59 Å². The molecule has 0 aromatic rings. The summed E-state index contributed by atoms with van der Waals surface area (Å²) in [5.41, 5.74) is 0. The molecule has 0 heterocycles. The van der Waals surface area contributed by atoms with Gasteiger partial charge in [-0.05, 0) is 12.8 Å². The van der Waals surface area contributed by atoms with Crippen LogP contribution >= 0.6 is 0 Å². The van der Waals surface area contributed by atoms with Gasteiger partial charge >= 0.3 is 12.0 Å². The summed E-state index contributed by atoms with van der Waals surface area (Å²) in [5, 5.41) is 22.8. The number of carboxylic acids is 1. The minimum Gasteiger partial charge on any atom is -0.480 e. The van der Waals surface area contributed by atoms with E-state index in [1.807, 2.05) is 0 Å². The van der Waals surface area contributed by atoms with Crippen LogP contribution in [0.15, 0.2) is 0 Å². The van der Waals surface area contributed by atoms with Crippen LogP contribution in [0.5, 0.6) is 0 Å². The zero-order chi connectivity index (χ0) is 13.4. The molecule has 0 radical (unpaired) electrons. The SMILES string of the molecule is O=C(NC1CCCCCC1)N[C@H](CCO)C(=O)O. The van der Waals surface area contributed by atoms with Gasteiger partial charge < -0.3 is 20.8 Å². The molecule has 0 aromatic heterocycles. The van der Waals surface area contributed by atoms with Gasteiger partial charge in [-0.25, -0.2) is 9.59 Å². The number of aliphatic hydroxyl groups is 1. The molecule has 0 spiro atoms. The standard InChI is InChI=1S/C12H22N2O4/c15-8-7-10(11(16)17)14-12(18)13-9-5-3-1-2-4-6-9/h9-10,15H,1-8H2,(H,16,17)(H2,13,14,18)/t10-/m1/s1. The highest BCUT2D eigenvalue weighted by atomic mass is 16.4. The molecule has 1 aliphatic carbocycles. The third-order valence-corrected chi connectivity index (χ3v) is 3.21. The Morgan fingerprint density at radius 1 is 1.17 bits per heavy atom. The van der Waals surface area contributed by atoms with Crippen LogP contribution in [0.25, 0.3) is 0 Å². The molecule has 0 aliphatic heterocycles. The lowest BCUT2D eigenvalue weighted by molar-refractivity contribution is -0.139. The zero-order valence-electron chi connectivity index (χ0n) is 10.5. The minimum atomic E-state index is -1.12. The van der Waals surface area contributed by atoms with Crippen molar-refractivity contribution in [1.29, 1.82) is 0 Å². The minimum absolute atomic E-state index is 0.0213. The fourth-order valence-electron chi connectivity index (χ4n) is 2.20. The van der Waals surface area contributed by atoms with E-state index in [0.717, 1.165) is 25.7 Å². The number of carbonyl (C=O) groups excluding carboxylic acids is 1. The van der Waals surface area contributed by atoms with Gasteiger partial charge in [0.15, 0.2) is 0 Å². The Labute approximate surface area is 107 Å². The first-order valence-corrected chi connectivity index (χ1v) is 6.54. The van der Waals surface area contributed by atoms with Crippen molar-refractivity contribution < 1.29 is 19.8 Å². The van der Waals surface area contributed by atoms with Gasteiger partial charge in [-0.1, -0.05) is 25.7 Å². The molecule has 0 unspecified atom stereocenters. The number of aliphatic carboxylic acids is 1. The van der Waals surface area contributed by atoms with Gasteiger partial charge in [-0.2, -0.15) is 0 Å². The predicted octanol–water partition coefficient (Wildman–Crippen LogP) is 0.844. The van der Waals surface area contributed by atoms with E-state index in [2.05, 4.69) is 10.6 Å². The molecule has 0 bridgehead atoms. The maximum absolute atomic E-state index is 11.6. The molecular weight excluding hydrogens is 236 g/mol. The molecule has 1 atom stereocenters. The number of carboxylic acid groups (broad SMARTS) is 1. The van der Waals surface area contributed by atoms with E-state index in [1.54, 1.807) is 0 Å². The van der Waals surface area contributed by atoms with Crippen molar-refractivity contribution in [3.8, 4) is 0 Å². The number of carbonyl (C=O) groups is 2. The monoisotopic (exact) mass is 258 g/mol. The first-order chi connectivity index (χ1) is 8.63. The largest absolute Gasteiger partial charge is 0.480 e. The van der Waals surface area contributed by atoms with Crippen molar-refractivity contribution in [2.45, 2.75) is 57.0 Å². The average molecular weight is 258 g/mol. The summed E-state index contributed by atoms with van der Waals surface area (Å²) >= 11 is 0. The Hall–Kier alpha value is -1.30. The Kier molecular flexibility index (Phi) is 6.49. The van der Waals surface area contributed by atoms with E-state index < -0.39 is 18.0 Å². The van der Waals surface area contributed by atoms with Crippen LogP contribution in [0.1, 0.15) is 44.9 Å². The number of amides is 2. The third kappa shape index (κ3) is 5.35. The van der Waals surface area contributed by atoms with Crippen LogP contribution in [0, 0.1) is 0 Å². The summed E-state index contributed by atoms with van der Waals surface area (Å²) in [4.78, 5) is 22.5. The lowest BCUT2D eigenvalue weighted by atomic mass is 10.1.